The van der Waals surface area contributed by atoms with Crippen LogP contribution in [-0.2, 0) is 14.3 Å². The van der Waals surface area contributed by atoms with E-state index in [4.69, 9.17) is 26.4 Å². The molecule has 0 saturated heterocycles. The molecule has 0 spiro atoms. The van der Waals surface area contributed by atoms with Crippen molar-refractivity contribution in [1.82, 2.24) is 16.1 Å². The highest BCUT2D eigenvalue weighted by atomic mass is 79.9. The van der Waals surface area contributed by atoms with Crippen LogP contribution in [0, 0.1) is 0 Å². The molecule has 1 heterocycles. The van der Waals surface area contributed by atoms with E-state index in [1.54, 1.807) is 50.3 Å². The van der Waals surface area contributed by atoms with Crippen molar-refractivity contribution in [1.29, 1.82) is 0 Å². The molecule has 0 fully saturated rings. The lowest BCUT2D eigenvalue weighted by Crippen LogP contribution is -2.45. The van der Waals surface area contributed by atoms with Crippen molar-refractivity contribution in [3.8, 4) is 11.5 Å². The second-order valence-corrected chi connectivity index (χ2v) is 8.96. The van der Waals surface area contributed by atoms with Crippen molar-refractivity contribution in [3.63, 3.8) is 0 Å². The predicted molar refractivity (Wildman–Crippen MR) is 148 cm³/mol. The number of thiocarbonyl (C=S) groups is 1. The first-order chi connectivity index (χ1) is 17.8. The molecule has 37 heavy (non-hydrogen) atoms. The highest BCUT2D eigenvalue weighted by molar-refractivity contribution is 9.10. The molecule has 2 aromatic rings. The SMILES string of the molecule is C=CCOc1ccc(C=NNC(=O)COc2ccccc2[C@H]2NC(=S)NC(C)=C2C(=O)OCC)cc1Br. The molecule has 3 rings (SSSR count). The second-order valence-electron chi connectivity index (χ2n) is 7.70. The minimum atomic E-state index is -0.609. The third-order valence-corrected chi connectivity index (χ3v) is 5.91. The number of carbonyl (C=O) groups is 2. The van der Waals surface area contributed by atoms with E-state index in [1.807, 2.05) is 12.1 Å². The van der Waals surface area contributed by atoms with Crippen LogP contribution in [0.5, 0.6) is 11.5 Å². The van der Waals surface area contributed by atoms with Gasteiger partial charge in [-0.15, -0.1) is 0 Å². The average Bonchev–Trinajstić information content (AvgIpc) is 2.87. The highest BCUT2D eigenvalue weighted by Crippen LogP contribution is 2.33. The number of hydrogen-bond acceptors (Lipinski definition) is 7. The van der Waals surface area contributed by atoms with Gasteiger partial charge in [-0.05, 0) is 71.8 Å². The fourth-order valence-corrected chi connectivity index (χ4v) is 4.26. The summed E-state index contributed by atoms with van der Waals surface area (Å²) in [7, 11) is 0. The largest absolute Gasteiger partial charge is 0.488 e. The molecule has 1 aliphatic rings. The summed E-state index contributed by atoms with van der Waals surface area (Å²) in [5.41, 5.74) is 4.80. The zero-order valence-corrected chi connectivity index (χ0v) is 22.8. The van der Waals surface area contributed by atoms with E-state index in [0.717, 1.165) is 10.0 Å². The molecule has 11 heteroatoms. The molecule has 0 aliphatic carbocycles. The van der Waals surface area contributed by atoms with E-state index < -0.39 is 17.9 Å². The quantitative estimate of drug-likeness (QED) is 0.119. The van der Waals surface area contributed by atoms with Crippen molar-refractivity contribution in [2.24, 2.45) is 5.10 Å². The lowest BCUT2D eigenvalue weighted by Gasteiger charge is -2.30. The summed E-state index contributed by atoms with van der Waals surface area (Å²) in [5.74, 6) is 0.161. The molecular weight excluding hydrogens is 560 g/mol. The van der Waals surface area contributed by atoms with Gasteiger partial charge in [-0.2, -0.15) is 5.10 Å². The molecule has 9 nitrogen and oxygen atoms in total. The van der Waals surface area contributed by atoms with E-state index >= 15 is 0 Å². The van der Waals surface area contributed by atoms with E-state index in [-0.39, 0.29) is 13.2 Å². The lowest BCUT2D eigenvalue weighted by molar-refractivity contribution is -0.139. The summed E-state index contributed by atoms with van der Waals surface area (Å²) in [4.78, 5) is 25.0. The minimum absolute atomic E-state index is 0.232. The van der Waals surface area contributed by atoms with Gasteiger partial charge in [0.25, 0.3) is 5.91 Å². The van der Waals surface area contributed by atoms with E-state index in [1.165, 1.54) is 6.21 Å². The summed E-state index contributed by atoms with van der Waals surface area (Å²) in [6.45, 7) is 7.45. The number of esters is 1. The number of hydrazone groups is 1. The fourth-order valence-electron chi connectivity index (χ4n) is 3.47. The van der Waals surface area contributed by atoms with Gasteiger partial charge < -0.3 is 24.8 Å². The molecule has 1 amide bonds. The molecular formula is C26H27BrN4O5S. The first-order valence-electron chi connectivity index (χ1n) is 11.4. The van der Waals surface area contributed by atoms with E-state index in [9.17, 15) is 9.59 Å². The zero-order valence-electron chi connectivity index (χ0n) is 20.4. The van der Waals surface area contributed by atoms with Crippen molar-refractivity contribution in [3.05, 3.63) is 82.0 Å². The normalized spacial score (nSPS) is 15.0. The van der Waals surface area contributed by atoms with Gasteiger partial charge in [0.05, 0.1) is 28.9 Å². The van der Waals surface area contributed by atoms with E-state index in [0.29, 0.717) is 40.1 Å². The number of nitrogens with one attached hydrogen (secondary N) is 3. The smallest absolute Gasteiger partial charge is 0.338 e. The van der Waals surface area contributed by atoms with Crippen molar-refractivity contribution >= 4 is 51.4 Å². The second kappa shape index (κ2) is 13.6. The molecule has 0 unspecified atom stereocenters. The van der Waals surface area contributed by atoms with Crippen LogP contribution in [0.1, 0.15) is 31.0 Å². The van der Waals surface area contributed by atoms with Crippen LogP contribution >= 0.6 is 28.1 Å². The number of hydrogen-bond donors (Lipinski definition) is 3. The summed E-state index contributed by atoms with van der Waals surface area (Å²) in [5, 5.41) is 10.4. The maximum absolute atomic E-state index is 12.7. The third kappa shape index (κ3) is 7.64. The molecule has 194 valence electrons. The van der Waals surface area contributed by atoms with Crippen LogP contribution < -0.4 is 25.5 Å². The number of halogens is 1. The average molecular weight is 587 g/mol. The summed E-state index contributed by atoms with van der Waals surface area (Å²) >= 11 is 8.73. The van der Waals surface area contributed by atoms with Crippen LogP contribution in [-0.4, -0.2) is 43.0 Å². The Balaban J connectivity index is 1.66. The Morgan fingerprint density at radius 2 is 2.00 bits per heavy atom. The maximum atomic E-state index is 12.7. The van der Waals surface area contributed by atoms with Crippen molar-refractivity contribution < 1.29 is 23.8 Å². The van der Waals surface area contributed by atoms with Crippen molar-refractivity contribution in [2.75, 3.05) is 19.8 Å². The molecule has 0 aromatic heterocycles. The Hall–Kier alpha value is -3.70. The number of carbonyl (C=O) groups excluding carboxylic acids is 2. The van der Waals surface area contributed by atoms with Gasteiger partial charge in [-0.3, -0.25) is 4.79 Å². The molecule has 1 atom stereocenters. The Morgan fingerprint density at radius 1 is 1.22 bits per heavy atom. The van der Waals surface area contributed by atoms with Gasteiger partial charge in [0.15, 0.2) is 11.7 Å². The number of nitrogens with zero attached hydrogens (tertiary/aromatic N) is 1. The van der Waals surface area contributed by atoms with Gasteiger partial charge in [0, 0.05) is 11.3 Å². The zero-order chi connectivity index (χ0) is 26.8. The van der Waals surface area contributed by atoms with Gasteiger partial charge >= 0.3 is 5.97 Å². The summed E-state index contributed by atoms with van der Waals surface area (Å²) in [6.07, 6.45) is 3.17. The van der Waals surface area contributed by atoms with Gasteiger partial charge in [0.1, 0.15) is 18.1 Å². The van der Waals surface area contributed by atoms with Crippen molar-refractivity contribution in [2.45, 2.75) is 19.9 Å². The maximum Gasteiger partial charge on any atom is 0.338 e. The number of para-hydroxylation sites is 1. The van der Waals surface area contributed by atoms with Crippen LogP contribution in [0.2, 0.25) is 0 Å². The van der Waals surface area contributed by atoms with Gasteiger partial charge in [-0.1, -0.05) is 30.9 Å². The Labute approximate surface area is 229 Å². The molecule has 0 saturated carbocycles. The fraction of sp³-hybridized carbons (Fsp3) is 0.231. The van der Waals surface area contributed by atoms with E-state index in [2.05, 4.69) is 43.7 Å². The molecule has 0 bridgehead atoms. The monoisotopic (exact) mass is 586 g/mol. The Bertz CT molecular complexity index is 1250. The summed E-state index contributed by atoms with van der Waals surface area (Å²) < 4.78 is 17.3. The number of allylic oxidation sites excluding steroid dienone is 1. The van der Waals surface area contributed by atoms with Gasteiger partial charge in [0.2, 0.25) is 0 Å². The topological polar surface area (TPSA) is 110 Å². The standard InChI is InChI=1S/C26H27BrN4O5S/c1-4-12-35-21-11-10-17(13-19(21)27)14-28-31-22(32)15-36-20-9-7-6-8-18(20)24-23(25(33)34-5-2)16(3)29-26(37)30-24/h4,6-11,13-14,24H,1,5,12,15H2,2-3H3,(H,31,32)(H2,29,30,37)/t24-/m1/s1. The molecule has 3 N–H and O–H groups in total. The number of ether oxygens (including phenoxy) is 3. The molecule has 0 radical (unpaired) electrons. The Kier molecular flexibility index (Phi) is 10.2. The number of rotatable bonds is 11. The minimum Gasteiger partial charge on any atom is -0.488 e. The Morgan fingerprint density at radius 3 is 2.73 bits per heavy atom. The molecule has 1 aliphatic heterocycles. The summed E-state index contributed by atoms with van der Waals surface area (Å²) in [6, 6.07) is 11.9. The van der Waals surface area contributed by atoms with Crippen LogP contribution in [0.25, 0.3) is 0 Å². The molecule has 2 aromatic carbocycles. The predicted octanol–water partition coefficient (Wildman–Crippen LogP) is 3.90. The van der Waals surface area contributed by atoms with Crippen LogP contribution in [0.15, 0.2) is 76.0 Å². The number of amides is 1. The lowest BCUT2D eigenvalue weighted by atomic mass is 9.95. The highest BCUT2D eigenvalue weighted by Gasteiger charge is 2.32. The van der Waals surface area contributed by atoms with Crippen LogP contribution in [0.4, 0.5) is 0 Å². The third-order valence-electron chi connectivity index (χ3n) is 5.07. The first kappa shape index (κ1) is 27.9. The number of benzene rings is 2. The van der Waals surface area contributed by atoms with Crippen LogP contribution in [0.3, 0.4) is 0 Å². The first-order valence-corrected chi connectivity index (χ1v) is 12.6. The van der Waals surface area contributed by atoms with Gasteiger partial charge in [-0.25, -0.2) is 10.2 Å².